The highest BCUT2D eigenvalue weighted by Crippen LogP contribution is 2.37. The van der Waals surface area contributed by atoms with Crippen molar-refractivity contribution >= 4 is 28.4 Å². The molecule has 1 aromatic rings. The van der Waals surface area contributed by atoms with Gasteiger partial charge in [0.05, 0.1) is 24.7 Å². The van der Waals surface area contributed by atoms with Gasteiger partial charge < -0.3 is 4.74 Å². The molecule has 1 nitrogen and oxygen atoms in total. The summed E-state index contributed by atoms with van der Waals surface area (Å²) in [5.74, 6) is 1.12. The maximum atomic E-state index is 6.00. The van der Waals surface area contributed by atoms with E-state index in [9.17, 15) is 0 Å². The third-order valence-corrected chi connectivity index (χ3v) is 7.87. The fourth-order valence-electron chi connectivity index (χ4n) is 3.73. The Morgan fingerprint density at radius 2 is 1.67 bits per heavy atom. The Balaban J connectivity index is 2.72. The van der Waals surface area contributed by atoms with Crippen molar-refractivity contribution in [3.8, 4) is 5.75 Å². The monoisotopic (exact) mass is 356 g/mol. The van der Waals surface area contributed by atoms with Crippen LogP contribution in [0.1, 0.15) is 43.9 Å². The van der Waals surface area contributed by atoms with Crippen LogP contribution in [0.3, 0.4) is 0 Å². The quantitative estimate of drug-likeness (QED) is 0.668. The molecule has 0 aromatic heterocycles. The number of benzene rings is 1. The second-order valence-corrected chi connectivity index (χ2v) is 13.4. The highest BCUT2D eigenvalue weighted by atomic mass is 28.3. The summed E-state index contributed by atoms with van der Waals surface area (Å²) in [6, 6.07) is 2.36. The first-order chi connectivity index (χ1) is 11.1. The summed E-state index contributed by atoms with van der Waals surface area (Å²) in [6.07, 6.45) is 5.93. The summed E-state index contributed by atoms with van der Waals surface area (Å²) in [5.41, 5.74) is 5.69. The van der Waals surface area contributed by atoms with E-state index in [-0.39, 0.29) is 14.2 Å². The van der Waals surface area contributed by atoms with Gasteiger partial charge in [0.15, 0.2) is 0 Å². The number of ether oxygens (including phenoxy) is 1. The fourth-order valence-corrected chi connectivity index (χ4v) is 6.45. The van der Waals surface area contributed by atoms with Gasteiger partial charge in [-0.1, -0.05) is 64.3 Å². The van der Waals surface area contributed by atoms with Crippen molar-refractivity contribution in [1.29, 1.82) is 0 Å². The van der Waals surface area contributed by atoms with Crippen LogP contribution in [0.15, 0.2) is 23.4 Å². The smallest absolute Gasteiger partial charge is 0.125 e. The minimum Gasteiger partial charge on any atom is -0.496 e. The Kier molecular flexibility index (Phi) is 5.65. The molecule has 0 saturated heterocycles. The highest BCUT2D eigenvalue weighted by molar-refractivity contribution is 6.72. The van der Waals surface area contributed by atoms with E-state index in [1.54, 1.807) is 5.20 Å². The van der Waals surface area contributed by atoms with Gasteiger partial charge in [0, 0.05) is 5.56 Å². The van der Waals surface area contributed by atoms with Gasteiger partial charge in [-0.3, -0.25) is 0 Å². The van der Waals surface area contributed by atoms with E-state index in [1.165, 1.54) is 27.5 Å². The second kappa shape index (κ2) is 7.05. The zero-order valence-corrected chi connectivity index (χ0v) is 18.8. The molecule has 0 saturated carbocycles. The van der Waals surface area contributed by atoms with Gasteiger partial charge in [-0.15, -0.1) is 0 Å². The minimum atomic E-state index is -0.635. The van der Waals surface area contributed by atoms with Gasteiger partial charge in [0.1, 0.15) is 5.75 Å². The number of aryl methyl sites for hydroxylation is 1. The molecule has 0 N–H and O–H groups in total. The van der Waals surface area contributed by atoms with Crippen LogP contribution < -0.4 is 9.92 Å². The van der Waals surface area contributed by atoms with E-state index in [4.69, 9.17) is 4.74 Å². The molecule has 24 heavy (non-hydrogen) atoms. The molecule has 0 bridgehead atoms. The van der Waals surface area contributed by atoms with Crippen molar-refractivity contribution in [2.24, 2.45) is 0 Å². The summed E-state index contributed by atoms with van der Waals surface area (Å²) < 4.78 is 6.00. The van der Waals surface area contributed by atoms with Gasteiger partial charge >= 0.3 is 0 Å². The van der Waals surface area contributed by atoms with Crippen LogP contribution in [0.25, 0.3) is 5.57 Å². The Bertz CT molecular complexity index is 689. The molecule has 0 spiro atoms. The summed E-state index contributed by atoms with van der Waals surface area (Å²) >= 11 is 0. The van der Waals surface area contributed by atoms with Crippen molar-refractivity contribution in [2.75, 3.05) is 7.11 Å². The lowest BCUT2D eigenvalue weighted by molar-refractivity contribution is 0.415. The van der Waals surface area contributed by atoms with Crippen LogP contribution in [-0.4, -0.2) is 24.7 Å². The maximum absolute atomic E-state index is 6.00. The molecule has 0 unspecified atom stereocenters. The largest absolute Gasteiger partial charge is 0.496 e. The lowest BCUT2D eigenvalue weighted by atomic mass is 9.82. The number of hydrogen-bond donors (Lipinski definition) is 0. The average Bonchev–Trinajstić information content (AvgIpc) is 2.94. The summed E-state index contributed by atoms with van der Waals surface area (Å²) in [7, 11) is 0.839. The SMILES string of the molecule is COc1c(C2=CCC([Si](C)C)=C2)cc(C)c(C(C)(C)C)c1[Si](C)C. The molecule has 130 valence electrons. The molecule has 1 aromatic carbocycles. The van der Waals surface area contributed by atoms with Gasteiger partial charge in [0.25, 0.3) is 0 Å². The average molecular weight is 357 g/mol. The van der Waals surface area contributed by atoms with Gasteiger partial charge in [-0.05, 0) is 46.7 Å². The van der Waals surface area contributed by atoms with E-state index in [0.717, 1.165) is 12.2 Å². The molecule has 0 atom stereocenters. The number of rotatable bonds is 4. The first-order valence-electron chi connectivity index (χ1n) is 8.82. The first-order valence-corrected chi connectivity index (χ1v) is 13.8. The van der Waals surface area contributed by atoms with Crippen molar-refractivity contribution in [2.45, 2.75) is 65.7 Å². The number of hydrogen-bond acceptors (Lipinski definition) is 1. The first kappa shape index (κ1) is 19.3. The summed E-state index contributed by atoms with van der Waals surface area (Å²) in [4.78, 5) is 0. The molecule has 0 fully saturated rings. The van der Waals surface area contributed by atoms with Crippen molar-refractivity contribution in [1.82, 2.24) is 0 Å². The summed E-state index contributed by atoms with van der Waals surface area (Å²) in [6.45, 7) is 18.7. The number of methoxy groups -OCH3 is 1. The number of allylic oxidation sites excluding steroid dienone is 4. The topological polar surface area (TPSA) is 9.23 Å². The Labute approximate surface area is 152 Å². The molecule has 1 aliphatic carbocycles. The van der Waals surface area contributed by atoms with Crippen LogP contribution in [-0.2, 0) is 5.41 Å². The molecule has 2 radical (unpaired) electrons. The van der Waals surface area contributed by atoms with Crippen LogP contribution in [0.5, 0.6) is 5.75 Å². The van der Waals surface area contributed by atoms with E-state index >= 15 is 0 Å². The Hall–Kier alpha value is -1.07. The minimum absolute atomic E-state index is 0.140. The molecule has 1 aliphatic rings. The third kappa shape index (κ3) is 3.62. The lowest BCUT2D eigenvalue weighted by Gasteiger charge is -2.30. The van der Waals surface area contributed by atoms with Crippen LogP contribution >= 0.6 is 0 Å². The maximum Gasteiger partial charge on any atom is 0.125 e. The highest BCUT2D eigenvalue weighted by Gasteiger charge is 2.28. The fraction of sp³-hybridized carbons (Fsp3) is 0.524. The molecule has 2 rings (SSSR count). The van der Waals surface area contributed by atoms with Crippen LogP contribution in [0, 0.1) is 6.92 Å². The van der Waals surface area contributed by atoms with E-state index in [0.29, 0.717) is 0 Å². The Morgan fingerprint density at radius 1 is 1.04 bits per heavy atom. The van der Waals surface area contributed by atoms with E-state index in [2.05, 4.69) is 72.1 Å². The van der Waals surface area contributed by atoms with Crippen LogP contribution in [0.4, 0.5) is 0 Å². The lowest BCUT2D eigenvalue weighted by Crippen LogP contribution is -2.35. The van der Waals surface area contributed by atoms with Crippen molar-refractivity contribution in [3.63, 3.8) is 0 Å². The van der Waals surface area contributed by atoms with Gasteiger partial charge in [-0.2, -0.15) is 0 Å². The second-order valence-electron chi connectivity index (χ2n) is 8.31. The zero-order chi connectivity index (χ0) is 18.2. The molecule has 3 heteroatoms. The predicted molar refractivity (Wildman–Crippen MR) is 112 cm³/mol. The van der Waals surface area contributed by atoms with E-state index in [1.807, 2.05) is 7.11 Å². The molecule has 0 aliphatic heterocycles. The van der Waals surface area contributed by atoms with Crippen LogP contribution in [0.2, 0.25) is 26.2 Å². The molecular formula is C21H32OSi2. The van der Waals surface area contributed by atoms with Crippen molar-refractivity contribution < 1.29 is 4.74 Å². The molecular weight excluding hydrogens is 324 g/mol. The normalized spacial score (nSPS) is 15.1. The third-order valence-electron chi connectivity index (χ3n) is 4.76. The Morgan fingerprint density at radius 3 is 2.08 bits per heavy atom. The standard InChI is InChI=1S/C21H32OSi2/c1-14-12-17(15-10-11-16(13-15)23(6)7)19(22-5)20(24(8)9)18(14)21(2,3)4/h10,12-13H,11H2,1-9H3. The van der Waals surface area contributed by atoms with Crippen molar-refractivity contribution in [3.05, 3.63) is 40.1 Å². The molecule has 0 amide bonds. The zero-order valence-electron chi connectivity index (χ0n) is 16.8. The summed E-state index contributed by atoms with van der Waals surface area (Å²) in [5, 5.41) is 3.10. The predicted octanol–water partition coefficient (Wildman–Crippen LogP) is 5.27. The van der Waals surface area contributed by atoms with Gasteiger partial charge in [0.2, 0.25) is 0 Å². The van der Waals surface area contributed by atoms with Gasteiger partial charge in [-0.25, -0.2) is 0 Å². The van der Waals surface area contributed by atoms with E-state index < -0.39 is 8.80 Å². The molecule has 0 heterocycles.